The molecule has 0 saturated carbocycles. The average Bonchev–Trinajstić information content (AvgIpc) is 3.19. The molecule has 0 aromatic carbocycles. The molecule has 0 aliphatic carbocycles. The van der Waals surface area contributed by atoms with Crippen molar-refractivity contribution < 1.29 is 18.5 Å². The van der Waals surface area contributed by atoms with E-state index in [1.54, 1.807) is 13.0 Å². The van der Waals surface area contributed by atoms with E-state index in [2.05, 4.69) is 15.5 Å². The summed E-state index contributed by atoms with van der Waals surface area (Å²) in [5.41, 5.74) is 0.454. The van der Waals surface area contributed by atoms with Crippen LogP contribution in [0.25, 0.3) is 0 Å². The molecule has 1 aliphatic rings. The lowest BCUT2D eigenvalue weighted by atomic mass is 10.2. The Bertz CT molecular complexity index is 572. The first-order valence-electron chi connectivity index (χ1n) is 6.52. The second kappa shape index (κ2) is 5.46. The Labute approximate surface area is 115 Å². The van der Waals surface area contributed by atoms with Gasteiger partial charge in [0.25, 0.3) is 5.91 Å². The SMILES string of the molecule is C[C@@H](NC(=O)c1ccoc1)c1nc([C@H]2CCCO2)no1. The lowest BCUT2D eigenvalue weighted by Gasteiger charge is -2.08. The fourth-order valence-electron chi connectivity index (χ4n) is 2.07. The van der Waals surface area contributed by atoms with Crippen LogP contribution >= 0.6 is 0 Å². The molecular weight excluding hydrogens is 262 g/mol. The van der Waals surface area contributed by atoms with Gasteiger partial charge in [-0.1, -0.05) is 5.16 Å². The summed E-state index contributed by atoms with van der Waals surface area (Å²) >= 11 is 0. The van der Waals surface area contributed by atoms with E-state index in [-0.39, 0.29) is 18.1 Å². The fourth-order valence-corrected chi connectivity index (χ4v) is 2.07. The number of carbonyl (C=O) groups is 1. The van der Waals surface area contributed by atoms with Crippen molar-refractivity contribution in [2.24, 2.45) is 0 Å². The van der Waals surface area contributed by atoms with Crippen molar-refractivity contribution in [1.82, 2.24) is 15.5 Å². The van der Waals surface area contributed by atoms with Gasteiger partial charge >= 0.3 is 0 Å². The van der Waals surface area contributed by atoms with E-state index >= 15 is 0 Å². The summed E-state index contributed by atoms with van der Waals surface area (Å²) in [7, 11) is 0. The van der Waals surface area contributed by atoms with Crippen molar-refractivity contribution >= 4 is 5.91 Å². The van der Waals surface area contributed by atoms with Gasteiger partial charge < -0.3 is 19.0 Å². The quantitative estimate of drug-likeness (QED) is 0.919. The monoisotopic (exact) mass is 277 g/mol. The number of nitrogens with zero attached hydrogens (tertiary/aromatic N) is 2. The van der Waals surface area contributed by atoms with Gasteiger partial charge in [0.05, 0.1) is 11.8 Å². The van der Waals surface area contributed by atoms with E-state index in [1.165, 1.54) is 12.5 Å². The topological polar surface area (TPSA) is 90.4 Å². The van der Waals surface area contributed by atoms with E-state index in [9.17, 15) is 4.79 Å². The standard InChI is InChI=1S/C13H15N3O4/c1-8(14-12(17)9-4-6-18-7-9)13-15-11(16-20-13)10-3-2-5-19-10/h4,6-8,10H,2-3,5H2,1H3,(H,14,17)/t8-,10-/m1/s1. The molecule has 0 radical (unpaired) electrons. The number of aromatic nitrogens is 2. The van der Waals surface area contributed by atoms with Crippen LogP contribution in [-0.4, -0.2) is 22.7 Å². The fraction of sp³-hybridized carbons (Fsp3) is 0.462. The van der Waals surface area contributed by atoms with Gasteiger partial charge in [0.1, 0.15) is 18.4 Å². The van der Waals surface area contributed by atoms with Crippen molar-refractivity contribution in [3.8, 4) is 0 Å². The minimum atomic E-state index is -0.375. The van der Waals surface area contributed by atoms with Gasteiger partial charge in [-0.2, -0.15) is 4.98 Å². The molecule has 106 valence electrons. The zero-order valence-corrected chi connectivity index (χ0v) is 11.0. The Morgan fingerprint density at radius 1 is 1.55 bits per heavy atom. The normalized spacial score (nSPS) is 19.9. The highest BCUT2D eigenvalue weighted by molar-refractivity contribution is 5.93. The van der Waals surface area contributed by atoms with Crippen LogP contribution in [0.4, 0.5) is 0 Å². The summed E-state index contributed by atoms with van der Waals surface area (Å²) in [6.45, 7) is 2.51. The maximum Gasteiger partial charge on any atom is 0.255 e. The van der Waals surface area contributed by atoms with Crippen LogP contribution in [0.2, 0.25) is 0 Å². The van der Waals surface area contributed by atoms with Gasteiger partial charge in [0.2, 0.25) is 11.7 Å². The average molecular weight is 277 g/mol. The number of amides is 1. The highest BCUT2D eigenvalue weighted by Crippen LogP contribution is 2.26. The molecule has 2 atom stereocenters. The third-order valence-electron chi connectivity index (χ3n) is 3.18. The zero-order chi connectivity index (χ0) is 13.9. The molecule has 3 heterocycles. The molecule has 0 spiro atoms. The summed E-state index contributed by atoms with van der Waals surface area (Å²) in [6.07, 6.45) is 4.63. The second-order valence-corrected chi connectivity index (χ2v) is 4.70. The van der Waals surface area contributed by atoms with Crippen LogP contribution in [0.5, 0.6) is 0 Å². The van der Waals surface area contributed by atoms with Crippen LogP contribution in [0.1, 0.15) is 54.0 Å². The lowest BCUT2D eigenvalue weighted by molar-refractivity contribution is 0.0931. The van der Waals surface area contributed by atoms with E-state index in [0.29, 0.717) is 17.3 Å². The number of carbonyl (C=O) groups excluding carboxylic acids is 1. The molecule has 1 amide bonds. The molecule has 1 saturated heterocycles. The third-order valence-corrected chi connectivity index (χ3v) is 3.18. The van der Waals surface area contributed by atoms with Crippen LogP contribution in [0, 0.1) is 0 Å². The smallest absolute Gasteiger partial charge is 0.255 e. The van der Waals surface area contributed by atoms with Crippen molar-refractivity contribution in [1.29, 1.82) is 0 Å². The van der Waals surface area contributed by atoms with Crippen molar-refractivity contribution in [3.63, 3.8) is 0 Å². The molecule has 1 aliphatic heterocycles. The molecule has 0 bridgehead atoms. The molecule has 20 heavy (non-hydrogen) atoms. The molecule has 3 rings (SSSR count). The van der Waals surface area contributed by atoms with Gasteiger partial charge in [-0.25, -0.2) is 0 Å². The first-order valence-corrected chi connectivity index (χ1v) is 6.52. The van der Waals surface area contributed by atoms with Gasteiger partial charge in [0, 0.05) is 6.61 Å². The minimum Gasteiger partial charge on any atom is -0.472 e. The van der Waals surface area contributed by atoms with Crippen molar-refractivity contribution in [2.75, 3.05) is 6.61 Å². The molecule has 2 aromatic heterocycles. The van der Waals surface area contributed by atoms with E-state index < -0.39 is 0 Å². The Kier molecular flexibility index (Phi) is 3.51. The summed E-state index contributed by atoms with van der Waals surface area (Å²) in [5.74, 6) is 0.664. The Morgan fingerprint density at radius 2 is 2.45 bits per heavy atom. The predicted molar refractivity (Wildman–Crippen MR) is 66.8 cm³/mol. The third kappa shape index (κ3) is 2.57. The molecule has 7 nitrogen and oxygen atoms in total. The van der Waals surface area contributed by atoms with Crippen LogP contribution in [0.3, 0.4) is 0 Å². The summed E-state index contributed by atoms with van der Waals surface area (Å²) in [4.78, 5) is 16.2. The summed E-state index contributed by atoms with van der Waals surface area (Å²) in [5, 5.41) is 6.67. The molecule has 1 fully saturated rings. The van der Waals surface area contributed by atoms with Gasteiger partial charge in [-0.15, -0.1) is 0 Å². The maximum absolute atomic E-state index is 11.9. The molecular formula is C13H15N3O4. The molecule has 0 unspecified atom stereocenters. The van der Waals surface area contributed by atoms with Crippen molar-refractivity contribution in [2.45, 2.75) is 31.9 Å². The lowest BCUT2D eigenvalue weighted by Crippen LogP contribution is -2.26. The van der Waals surface area contributed by atoms with Gasteiger partial charge in [0.15, 0.2) is 0 Å². The molecule has 2 aromatic rings. The largest absolute Gasteiger partial charge is 0.472 e. The summed E-state index contributed by atoms with van der Waals surface area (Å²) in [6, 6.07) is 1.22. The number of hydrogen-bond donors (Lipinski definition) is 1. The Morgan fingerprint density at radius 3 is 3.15 bits per heavy atom. The maximum atomic E-state index is 11.9. The second-order valence-electron chi connectivity index (χ2n) is 4.70. The molecule has 1 N–H and O–H groups in total. The number of rotatable bonds is 4. The van der Waals surface area contributed by atoms with Crippen LogP contribution in [0.15, 0.2) is 27.5 Å². The van der Waals surface area contributed by atoms with E-state index in [1.807, 2.05) is 0 Å². The minimum absolute atomic E-state index is 0.0933. The summed E-state index contributed by atoms with van der Waals surface area (Å²) < 4.78 is 15.5. The van der Waals surface area contributed by atoms with E-state index in [4.69, 9.17) is 13.7 Å². The van der Waals surface area contributed by atoms with Crippen molar-refractivity contribution in [3.05, 3.63) is 35.9 Å². The zero-order valence-electron chi connectivity index (χ0n) is 11.0. The van der Waals surface area contributed by atoms with Crippen LogP contribution in [-0.2, 0) is 4.74 Å². The number of nitrogens with one attached hydrogen (secondary N) is 1. The highest BCUT2D eigenvalue weighted by atomic mass is 16.5. The van der Waals surface area contributed by atoms with Crippen LogP contribution < -0.4 is 5.32 Å². The highest BCUT2D eigenvalue weighted by Gasteiger charge is 2.25. The first kappa shape index (κ1) is 12.9. The Hall–Kier alpha value is -2.15. The van der Waals surface area contributed by atoms with Gasteiger partial charge in [-0.3, -0.25) is 4.79 Å². The Balaban J connectivity index is 1.65. The predicted octanol–water partition coefficient (Wildman–Crippen LogP) is 2.01. The molecule has 7 heteroatoms. The first-order chi connectivity index (χ1) is 9.74. The van der Waals surface area contributed by atoms with E-state index in [0.717, 1.165) is 19.4 Å². The van der Waals surface area contributed by atoms with Gasteiger partial charge in [-0.05, 0) is 25.8 Å². The number of hydrogen-bond acceptors (Lipinski definition) is 6. The number of furan rings is 1. The number of ether oxygens (including phenoxy) is 1.